The zero-order valence-electron chi connectivity index (χ0n) is 11.3. The molecule has 3 heteroatoms. The smallest absolute Gasteiger partial charge is 0.345 e. The van der Waals surface area contributed by atoms with Crippen LogP contribution in [0.25, 0.3) is 11.1 Å². The molecule has 21 heavy (non-hydrogen) atoms. The first kappa shape index (κ1) is 13.6. The minimum Gasteiger partial charge on any atom is -0.477 e. The third-order valence-electron chi connectivity index (χ3n) is 3.31. The molecule has 1 heterocycles. The van der Waals surface area contributed by atoms with Gasteiger partial charge in [0.15, 0.2) is 0 Å². The fraction of sp³-hybridized carbons (Fsp3) is 0.0556. The molecule has 0 amide bonds. The molecule has 1 N–H and O–H groups in total. The zero-order valence-corrected chi connectivity index (χ0v) is 12.1. The third kappa shape index (κ3) is 3.03. The van der Waals surface area contributed by atoms with Gasteiger partial charge in [-0.3, -0.25) is 0 Å². The Kier molecular flexibility index (Phi) is 3.84. The summed E-state index contributed by atoms with van der Waals surface area (Å²) in [6, 6.07) is 21.8. The predicted octanol–water partition coefficient (Wildman–Crippen LogP) is 4.70. The Labute approximate surface area is 127 Å². The molecule has 0 spiro atoms. The van der Waals surface area contributed by atoms with Crippen molar-refractivity contribution in [3.8, 4) is 11.1 Å². The topological polar surface area (TPSA) is 37.3 Å². The maximum Gasteiger partial charge on any atom is 0.345 e. The highest BCUT2D eigenvalue weighted by molar-refractivity contribution is 7.14. The lowest BCUT2D eigenvalue weighted by molar-refractivity contribution is 0.0702. The number of aromatic carboxylic acids is 1. The second-order valence-corrected chi connectivity index (χ2v) is 5.92. The molecule has 3 aromatic rings. The van der Waals surface area contributed by atoms with Gasteiger partial charge in [-0.2, -0.15) is 0 Å². The molecule has 0 unspecified atom stereocenters. The molecule has 104 valence electrons. The Hall–Kier alpha value is -2.39. The van der Waals surface area contributed by atoms with Crippen molar-refractivity contribution in [3.05, 3.63) is 82.0 Å². The van der Waals surface area contributed by atoms with Crippen LogP contribution in [0.2, 0.25) is 0 Å². The van der Waals surface area contributed by atoms with Crippen molar-refractivity contribution in [2.45, 2.75) is 6.42 Å². The molecule has 0 atom stereocenters. The van der Waals surface area contributed by atoms with Gasteiger partial charge in [-0.25, -0.2) is 4.79 Å². The van der Waals surface area contributed by atoms with Crippen molar-refractivity contribution in [3.63, 3.8) is 0 Å². The second-order valence-electron chi connectivity index (χ2n) is 4.78. The van der Waals surface area contributed by atoms with Crippen molar-refractivity contribution in [2.75, 3.05) is 0 Å². The number of rotatable bonds is 4. The maximum atomic E-state index is 11.3. The molecule has 0 aliphatic heterocycles. The van der Waals surface area contributed by atoms with Gasteiger partial charge < -0.3 is 5.11 Å². The van der Waals surface area contributed by atoms with E-state index in [1.165, 1.54) is 16.9 Å². The Morgan fingerprint density at radius 1 is 0.952 bits per heavy atom. The van der Waals surface area contributed by atoms with Gasteiger partial charge in [0.2, 0.25) is 0 Å². The largest absolute Gasteiger partial charge is 0.477 e. The molecular formula is C18H14O2S. The molecule has 3 rings (SSSR count). The van der Waals surface area contributed by atoms with E-state index in [0.29, 0.717) is 4.88 Å². The second kappa shape index (κ2) is 5.94. The number of benzene rings is 2. The Morgan fingerprint density at radius 3 is 2.19 bits per heavy atom. The van der Waals surface area contributed by atoms with Crippen LogP contribution in [0.5, 0.6) is 0 Å². The van der Waals surface area contributed by atoms with Gasteiger partial charge in [0.1, 0.15) is 4.88 Å². The monoisotopic (exact) mass is 294 g/mol. The van der Waals surface area contributed by atoms with E-state index in [0.717, 1.165) is 22.4 Å². The van der Waals surface area contributed by atoms with E-state index in [-0.39, 0.29) is 0 Å². The van der Waals surface area contributed by atoms with Crippen molar-refractivity contribution in [1.29, 1.82) is 0 Å². The van der Waals surface area contributed by atoms with Gasteiger partial charge in [0.05, 0.1) is 0 Å². The summed E-state index contributed by atoms with van der Waals surface area (Å²) in [5.74, 6) is -0.864. The normalized spacial score (nSPS) is 10.5. The molecule has 0 aliphatic carbocycles. The summed E-state index contributed by atoms with van der Waals surface area (Å²) in [6.07, 6.45) is 0.753. The lowest BCUT2D eigenvalue weighted by Crippen LogP contribution is -1.89. The molecule has 2 nitrogen and oxygen atoms in total. The van der Waals surface area contributed by atoms with Crippen molar-refractivity contribution >= 4 is 17.3 Å². The molecule has 2 aromatic carbocycles. The van der Waals surface area contributed by atoms with E-state index in [1.54, 1.807) is 6.07 Å². The first-order chi connectivity index (χ1) is 10.2. The molecule has 0 radical (unpaired) electrons. The van der Waals surface area contributed by atoms with E-state index in [2.05, 4.69) is 12.1 Å². The molecule has 0 saturated heterocycles. The average Bonchev–Trinajstić information content (AvgIpc) is 2.93. The van der Waals surface area contributed by atoms with Crippen LogP contribution in [-0.4, -0.2) is 11.1 Å². The van der Waals surface area contributed by atoms with Gasteiger partial charge in [-0.1, -0.05) is 60.7 Å². The molecule has 0 saturated carbocycles. The van der Waals surface area contributed by atoms with Crippen LogP contribution < -0.4 is 0 Å². The summed E-state index contributed by atoms with van der Waals surface area (Å²) in [5, 5.41) is 9.25. The fourth-order valence-electron chi connectivity index (χ4n) is 2.31. The fourth-order valence-corrected chi connectivity index (χ4v) is 3.36. The summed E-state index contributed by atoms with van der Waals surface area (Å²) in [6.45, 7) is 0. The lowest BCUT2D eigenvalue weighted by Gasteiger charge is -2.04. The lowest BCUT2D eigenvalue weighted by atomic mass is 10.0. The van der Waals surface area contributed by atoms with Crippen LogP contribution in [0, 0.1) is 0 Å². The Balaban J connectivity index is 2.04. The minimum atomic E-state index is -0.864. The first-order valence-corrected chi connectivity index (χ1v) is 7.51. The highest BCUT2D eigenvalue weighted by Gasteiger charge is 2.15. The third-order valence-corrected chi connectivity index (χ3v) is 4.44. The van der Waals surface area contributed by atoms with Crippen LogP contribution in [0.3, 0.4) is 0 Å². The summed E-state index contributed by atoms with van der Waals surface area (Å²) < 4.78 is 0. The summed E-state index contributed by atoms with van der Waals surface area (Å²) in [4.78, 5) is 12.7. The highest BCUT2D eigenvalue weighted by atomic mass is 32.1. The van der Waals surface area contributed by atoms with E-state index in [1.807, 2.05) is 48.5 Å². The summed E-state index contributed by atoms with van der Waals surface area (Å²) in [7, 11) is 0. The molecule has 0 fully saturated rings. The van der Waals surface area contributed by atoms with Gasteiger partial charge in [0, 0.05) is 11.3 Å². The number of carboxylic acids is 1. The Morgan fingerprint density at radius 2 is 1.57 bits per heavy atom. The van der Waals surface area contributed by atoms with Crippen molar-refractivity contribution in [1.82, 2.24) is 0 Å². The number of carbonyl (C=O) groups is 1. The van der Waals surface area contributed by atoms with Crippen molar-refractivity contribution in [2.24, 2.45) is 0 Å². The Bertz CT molecular complexity index is 745. The van der Waals surface area contributed by atoms with Gasteiger partial charge in [-0.05, 0) is 22.8 Å². The van der Waals surface area contributed by atoms with Crippen LogP contribution in [-0.2, 0) is 6.42 Å². The first-order valence-electron chi connectivity index (χ1n) is 6.69. The number of hydrogen-bond donors (Lipinski definition) is 1. The highest BCUT2D eigenvalue weighted by Crippen LogP contribution is 2.33. The number of carboxylic acid groups (broad SMARTS) is 1. The molecular weight excluding hydrogens is 280 g/mol. The van der Waals surface area contributed by atoms with E-state index in [4.69, 9.17) is 0 Å². The van der Waals surface area contributed by atoms with Gasteiger partial charge >= 0.3 is 5.97 Å². The van der Waals surface area contributed by atoms with Gasteiger partial charge in [0.25, 0.3) is 0 Å². The summed E-state index contributed by atoms with van der Waals surface area (Å²) in [5.41, 5.74) is 3.27. The standard InChI is InChI=1S/C18H14O2S/c19-18(20)17-12-15(14-9-5-2-6-10-14)16(21-17)11-13-7-3-1-4-8-13/h1-10,12H,11H2,(H,19,20). The van der Waals surface area contributed by atoms with Crippen LogP contribution in [0.4, 0.5) is 0 Å². The quantitative estimate of drug-likeness (QED) is 0.757. The average molecular weight is 294 g/mol. The number of thiophene rings is 1. The minimum absolute atomic E-state index is 0.389. The van der Waals surface area contributed by atoms with E-state index in [9.17, 15) is 9.90 Å². The van der Waals surface area contributed by atoms with E-state index >= 15 is 0 Å². The molecule has 0 aliphatic rings. The van der Waals surface area contributed by atoms with Crippen molar-refractivity contribution < 1.29 is 9.90 Å². The maximum absolute atomic E-state index is 11.3. The molecule has 0 bridgehead atoms. The molecule has 1 aromatic heterocycles. The van der Waals surface area contributed by atoms with E-state index < -0.39 is 5.97 Å². The summed E-state index contributed by atoms with van der Waals surface area (Å²) >= 11 is 1.36. The van der Waals surface area contributed by atoms with Crippen LogP contribution >= 0.6 is 11.3 Å². The number of hydrogen-bond acceptors (Lipinski definition) is 2. The zero-order chi connectivity index (χ0) is 14.7. The van der Waals surface area contributed by atoms with Crippen LogP contribution in [0.15, 0.2) is 66.7 Å². The SMILES string of the molecule is O=C(O)c1cc(-c2ccccc2)c(Cc2ccccc2)s1. The van der Waals surface area contributed by atoms with Crippen LogP contribution in [0.1, 0.15) is 20.1 Å². The predicted molar refractivity (Wildman–Crippen MR) is 86.0 cm³/mol. The van der Waals surface area contributed by atoms with Gasteiger partial charge in [-0.15, -0.1) is 11.3 Å².